The first-order valence-corrected chi connectivity index (χ1v) is 11.2. The maximum absolute atomic E-state index is 12.6. The number of aromatic nitrogens is 2. The van der Waals surface area contributed by atoms with Crippen LogP contribution < -0.4 is 5.06 Å². The van der Waals surface area contributed by atoms with Gasteiger partial charge in [0.1, 0.15) is 17.1 Å². The molecule has 0 saturated heterocycles. The zero-order valence-electron chi connectivity index (χ0n) is 19.0. The van der Waals surface area contributed by atoms with Crippen molar-refractivity contribution in [1.29, 1.82) is 0 Å². The molecule has 2 atom stereocenters. The van der Waals surface area contributed by atoms with E-state index in [1.807, 2.05) is 67.6 Å². The Kier molecular flexibility index (Phi) is 5.38. The second-order valence-corrected chi connectivity index (χ2v) is 8.69. The Balaban J connectivity index is 1.63. The van der Waals surface area contributed by atoms with E-state index in [4.69, 9.17) is 9.82 Å². The number of rotatable bonds is 5. The number of aryl methyl sites for hydroxylation is 2. The van der Waals surface area contributed by atoms with Crippen molar-refractivity contribution in [3.05, 3.63) is 89.2 Å². The van der Waals surface area contributed by atoms with Gasteiger partial charge in [0.15, 0.2) is 11.9 Å². The predicted molar refractivity (Wildman–Crippen MR) is 128 cm³/mol. The van der Waals surface area contributed by atoms with E-state index in [0.717, 1.165) is 45.7 Å². The molecule has 1 aliphatic heterocycles. The molecule has 5 rings (SSSR count). The maximum atomic E-state index is 12.6. The standard InChI is InChI=1S/C27H27N3O3/c1-17(31)27(19-9-5-4-6-10-19)33-30-16-21(22-11-7-8-12-24(22)32)15-20-13-14-23-25(26(20)30)28-18(2)29(23)3/h4-14,21,27,32H,15-16H2,1-3H3. The van der Waals surface area contributed by atoms with Crippen LogP contribution in [-0.2, 0) is 23.1 Å². The number of phenols is 1. The largest absolute Gasteiger partial charge is 0.508 e. The molecule has 0 fully saturated rings. The quantitative estimate of drug-likeness (QED) is 0.472. The van der Waals surface area contributed by atoms with Crippen LogP contribution in [0.15, 0.2) is 66.7 Å². The zero-order chi connectivity index (χ0) is 23.1. The lowest BCUT2D eigenvalue weighted by molar-refractivity contribution is -0.130. The highest BCUT2D eigenvalue weighted by atomic mass is 16.7. The highest BCUT2D eigenvalue weighted by Crippen LogP contribution is 2.42. The molecule has 2 heterocycles. The van der Waals surface area contributed by atoms with Crippen molar-refractivity contribution in [2.45, 2.75) is 32.3 Å². The number of Topliss-reactive ketones (excluding diaryl/α,β-unsaturated/α-hetero) is 1. The molecular weight excluding hydrogens is 414 g/mol. The Hall–Kier alpha value is -3.64. The van der Waals surface area contributed by atoms with Gasteiger partial charge in [-0.1, -0.05) is 54.6 Å². The van der Waals surface area contributed by atoms with Crippen LogP contribution in [-0.4, -0.2) is 27.0 Å². The summed E-state index contributed by atoms with van der Waals surface area (Å²) in [5, 5.41) is 12.4. The lowest BCUT2D eigenvalue weighted by atomic mass is 9.87. The highest BCUT2D eigenvalue weighted by molar-refractivity contribution is 5.92. The number of hydrogen-bond acceptors (Lipinski definition) is 5. The lowest BCUT2D eigenvalue weighted by Gasteiger charge is -2.37. The van der Waals surface area contributed by atoms with Gasteiger partial charge >= 0.3 is 0 Å². The number of carbonyl (C=O) groups excluding carboxylic acids is 1. The molecule has 3 aromatic carbocycles. The Morgan fingerprint density at radius 2 is 1.82 bits per heavy atom. The fourth-order valence-electron chi connectivity index (χ4n) is 4.73. The summed E-state index contributed by atoms with van der Waals surface area (Å²) in [4.78, 5) is 23.9. The smallest absolute Gasteiger partial charge is 0.168 e. The first-order valence-electron chi connectivity index (χ1n) is 11.2. The van der Waals surface area contributed by atoms with Crippen LogP contribution in [0.4, 0.5) is 5.69 Å². The van der Waals surface area contributed by atoms with Gasteiger partial charge in [-0.15, -0.1) is 0 Å². The van der Waals surface area contributed by atoms with Crippen LogP contribution in [0.5, 0.6) is 5.75 Å². The highest BCUT2D eigenvalue weighted by Gasteiger charge is 2.33. The Bertz CT molecular complexity index is 1330. The molecule has 0 amide bonds. The van der Waals surface area contributed by atoms with E-state index >= 15 is 0 Å². The number of carbonyl (C=O) groups is 1. The molecule has 1 aromatic heterocycles. The van der Waals surface area contributed by atoms with Gasteiger partial charge in [0, 0.05) is 13.0 Å². The van der Waals surface area contributed by atoms with E-state index in [1.165, 1.54) is 0 Å². The minimum Gasteiger partial charge on any atom is -0.508 e. The normalized spacial score (nSPS) is 16.6. The first-order chi connectivity index (χ1) is 15.9. The number of imidazole rings is 1. The van der Waals surface area contributed by atoms with Crippen LogP contribution in [0.3, 0.4) is 0 Å². The monoisotopic (exact) mass is 441 g/mol. The van der Waals surface area contributed by atoms with Crippen molar-refractivity contribution in [2.75, 3.05) is 11.6 Å². The van der Waals surface area contributed by atoms with Crippen molar-refractivity contribution in [3.8, 4) is 5.75 Å². The van der Waals surface area contributed by atoms with Gasteiger partial charge in [0.05, 0.1) is 17.7 Å². The van der Waals surface area contributed by atoms with Crippen molar-refractivity contribution in [3.63, 3.8) is 0 Å². The van der Waals surface area contributed by atoms with E-state index in [9.17, 15) is 9.90 Å². The van der Waals surface area contributed by atoms with Gasteiger partial charge in [-0.2, -0.15) is 0 Å². The fraction of sp³-hybridized carbons (Fsp3) is 0.259. The Labute approximate surface area is 193 Å². The summed E-state index contributed by atoms with van der Waals surface area (Å²) in [5.41, 5.74) is 5.52. The molecule has 33 heavy (non-hydrogen) atoms. The van der Waals surface area contributed by atoms with E-state index in [-0.39, 0.29) is 17.5 Å². The third-order valence-corrected chi connectivity index (χ3v) is 6.52. The number of hydrogen-bond donors (Lipinski definition) is 1. The van der Waals surface area contributed by atoms with Crippen molar-refractivity contribution < 1.29 is 14.7 Å². The van der Waals surface area contributed by atoms with Crippen LogP contribution in [0.2, 0.25) is 0 Å². The molecule has 0 aliphatic carbocycles. The van der Waals surface area contributed by atoms with Crippen LogP contribution in [0.25, 0.3) is 11.0 Å². The molecule has 0 saturated carbocycles. The third-order valence-electron chi connectivity index (χ3n) is 6.52. The van der Waals surface area contributed by atoms with Gasteiger partial charge in [0.25, 0.3) is 0 Å². The number of phenolic OH excluding ortho intramolecular Hbond substituents is 1. The number of hydroxylamine groups is 1. The van der Waals surface area contributed by atoms with E-state index in [0.29, 0.717) is 6.54 Å². The minimum absolute atomic E-state index is 0.00402. The van der Waals surface area contributed by atoms with Crippen molar-refractivity contribution in [1.82, 2.24) is 9.55 Å². The Morgan fingerprint density at radius 3 is 2.55 bits per heavy atom. The summed E-state index contributed by atoms with van der Waals surface area (Å²) in [7, 11) is 2.00. The fourth-order valence-corrected chi connectivity index (χ4v) is 4.73. The van der Waals surface area contributed by atoms with Gasteiger partial charge in [-0.3, -0.25) is 9.63 Å². The topological polar surface area (TPSA) is 67.6 Å². The number of fused-ring (bicyclic) bond motifs is 3. The van der Waals surface area contributed by atoms with Gasteiger partial charge < -0.3 is 9.67 Å². The number of aromatic hydroxyl groups is 1. The predicted octanol–water partition coefficient (Wildman–Crippen LogP) is 5.00. The first kappa shape index (κ1) is 21.2. The van der Waals surface area contributed by atoms with E-state index < -0.39 is 6.10 Å². The average Bonchev–Trinajstić information content (AvgIpc) is 3.11. The zero-order valence-corrected chi connectivity index (χ0v) is 19.0. The van der Waals surface area contributed by atoms with Crippen molar-refractivity contribution >= 4 is 22.5 Å². The molecule has 1 N–H and O–H groups in total. The Morgan fingerprint density at radius 1 is 1.09 bits per heavy atom. The summed E-state index contributed by atoms with van der Waals surface area (Å²) in [5.74, 6) is 1.11. The molecule has 6 nitrogen and oxygen atoms in total. The van der Waals surface area contributed by atoms with Crippen LogP contribution >= 0.6 is 0 Å². The molecular formula is C27H27N3O3. The van der Waals surface area contributed by atoms with Crippen LogP contribution in [0.1, 0.15) is 41.5 Å². The minimum atomic E-state index is -0.734. The number of ketones is 1. The maximum Gasteiger partial charge on any atom is 0.168 e. The average molecular weight is 442 g/mol. The summed E-state index contributed by atoms with van der Waals surface area (Å²) in [6.07, 6.45) is 0.0104. The van der Waals surface area contributed by atoms with Gasteiger partial charge in [-0.25, -0.2) is 10.0 Å². The molecule has 0 spiro atoms. The van der Waals surface area contributed by atoms with E-state index in [1.54, 1.807) is 13.0 Å². The molecule has 0 bridgehead atoms. The number of para-hydroxylation sites is 1. The van der Waals surface area contributed by atoms with Crippen molar-refractivity contribution in [2.24, 2.45) is 7.05 Å². The molecule has 2 unspecified atom stereocenters. The molecule has 6 heteroatoms. The lowest BCUT2D eigenvalue weighted by Crippen LogP contribution is -2.37. The molecule has 4 aromatic rings. The summed E-state index contributed by atoms with van der Waals surface area (Å²) < 4.78 is 2.06. The van der Waals surface area contributed by atoms with Gasteiger partial charge in [-0.05, 0) is 49.1 Å². The summed E-state index contributed by atoms with van der Waals surface area (Å²) in [6, 6.07) is 21.2. The number of benzene rings is 3. The third kappa shape index (κ3) is 3.76. The van der Waals surface area contributed by atoms with E-state index in [2.05, 4.69) is 16.7 Å². The second kappa shape index (κ2) is 8.37. The second-order valence-electron chi connectivity index (χ2n) is 8.69. The summed E-state index contributed by atoms with van der Waals surface area (Å²) >= 11 is 0. The molecule has 168 valence electrons. The van der Waals surface area contributed by atoms with Gasteiger partial charge in [0.2, 0.25) is 0 Å². The number of anilines is 1. The molecule has 1 aliphatic rings. The SMILES string of the molecule is CC(=O)C(ON1CC(c2ccccc2O)Cc2ccc3c(nc(C)n3C)c21)c1ccccc1. The number of nitrogens with zero attached hydrogens (tertiary/aromatic N) is 3. The molecule has 0 radical (unpaired) electrons. The summed E-state index contributed by atoms with van der Waals surface area (Å²) in [6.45, 7) is 4.03. The van der Waals surface area contributed by atoms with Crippen LogP contribution in [0, 0.1) is 6.92 Å².